The highest BCUT2D eigenvalue weighted by molar-refractivity contribution is 5.82. The molecule has 0 bridgehead atoms. The van der Waals surface area contributed by atoms with Gasteiger partial charge >= 0.3 is 0 Å². The van der Waals surface area contributed by atoms with Crippen LogP contribution in [-0.4, -0.2) is 10.8 Å². The summed E-state index contributed by atoms with van der Waals surface area (Å²) in [6.45, 7) is 1.43. The van der Waals surface area contributed by atoms with Crippen LogP contribution < -0.4 is 11.5 Å². The van der Waals surface area contributed by atoms with E-state index in [9.17, 15) is 4.79 Å². The Kier molecular flexibility index (Phi) is 2.40. The Labute approximate surface area is 70.6 Å². The van der Waals surface area contributed by atoms with Crippen LogP contribution in [-0.2, 0) is 4.79 Å². The molecule has 4 nitrogen and oxygen atoms in total. The van der Waals surface area contributed by atoms with E-state index >= 15 is 0 Å². The van der Waals surface area contributed by atoms with Crippen LogP contribution in [0.3, 0.4) is 0 Å². The molecule has 0 saturated carbocycles. The predicted molar refractivity (Wildman–Crippen MR) is 46.3 cm³/mol. The monoisotopic (exact) mass is 165 g/mol. The molecule has 0 aromatic carbocycles. The van der Waals surface area contributed by atoms with E-state index in [1.54, 1.807) is 12.1 Å². The number of rotatable bonds is 2. The van der Waals surface area contributed by atoms with Crippen LogP contribution in [0.5, 0.6) is 0 Å². The van der Waals surface area contributed by atoms with E-state index in [4.69, 9.17) is 11.5 Å². The molecule has 0 spiro atoms. The molecule has 1 unspecified atom stereocenters. The maximum atomic E-state index is 10.8. The van der Waals surface area contributed by atoms with Crippen molar-refractivity contribution in [1.29, 1.82) is 0 Å². The van der Waals surface area contributed by atoms with E-state index in [2.05, 4.69) is 4.98 Å². The number of hydrogen-bond acceptors (Lipinski definition) is 4. The summed E-state index contributed by atoms with van der Waals surface area (Å²) in [5.41, 5.74) is 12.1. The van der Waals surface area contributed by atoms with Crippen molar-refractivity contribution in [2.75, 3.05) is 5.73 Å². The number of Topliss-reactive ketones (excluding diaryl/α,β-unsaturated/α-hetero) is 1. The molecule has 0 aliphatic carbocycles. The van der Waals surface area contributed by atoms with E-state index in [-0.39, 0.29) is 5.78 Å². The van der Waals surface area contributed by atoms with Crippen molar-refractivity contribution in [2.45, 2.75) is 13.0 Å². The van der Waals surface area contributed by atoms with E-state index in [0.717, 1.165) is 0 Å². The number of pyridine rings is 1. The Balaban J connectivity index is 2.95. The first-order valence-electron chi connectivity index (χ1n) is 3.58. The fraction of sp³-hybridized carbons (Fsp3) is 0.250. The maximum absolute atomic E-state index is 10.8. The summed E-state index contributed by atoms with van der Waals surface area (Å²) in [6.07, 6.45) is 1.54. The number of carbonyl (C=O) groups is 1. The summed E-state index contributed by atoms with van der Waals surface area (Å²) >= 11 is 0. The third-order valence-electron chi connectivity index (χ3n) is 1.56. The lowest BCUT2D eigenvalue weighted by molar-refractivity contribution is -0.118. The van der Waals surface area contributed by atoms with Crippen LogP contribution in [0.25, 0.3) is 0 Å². The van der Waals surface area contributed by atoms with Crippen molar-refractivity contribution in [3.63, 3.8) is 0 Å². The van der Waals surface area contributed by atoms with Gasteiger partial charge in [-0.25, -0.2) is 0 Å². The molecule has 12 heavy (non-hydrogen) atoms. The number of carbonyl (C=O) groups excluding carboxylic acids is 1. The molecule has 4 heteroatoms. The minimum atomic E-state index is -0.659. The molecule has 1 aromatic rings. The van der Waals surface area contributed by atoms with Gasteiger partial charge in [-0.3, -0.25) is 9.78 Å². The van der Waals surface area contributed by atoms with Crippen molar-refractivity contribution in [1.82, 2.24) is 4.98 Å². The first-order chi connectivity index (χ1) is 5.61. The fourth-order valence-corrected chi connectivity index (χ4v) is 0.844. The minimum absolute atomic E-state index is 0.117. The summed E-state index contributed by atoms with van der Waals surface area (Å²) in [5, 5.41) is 0. The summed E-state index contributed by atoms with van der Waals surface area (Å²) in [5.74, 6) is -0.117. The highest BCUT2D eigenvalue weighted by atomic mass is 16.1. The summed E-state index contributed by atoms with van der Waals surface area (Å²) in [6, 6.07) is 2.59. The molecular formula is C8H11N3O. The average Bonchev–Trinajstić information content (AvgIpc) is 2.03. The van der Waals surface area contributed by atoms with Gasteiger partial charge in [0.15, 0.2) is 5.78 Å². The Morgan fingerprint density at radius 1 is 1.67 bits per heavy atom. The van der Waals surface area contributed by atoms with Crippen LogP contribution in [0, 0.1) is 0 Å². The standard InChI is InChI=1S/C8H11N3O/c1-5(12)8(10)7-4-6(9)2-3-11-7/h2-4,8H,10H2,1H3,(H2,9,11). The molecule has 0 fully saturated rings. The Morgan fingerprint density at radius 2 is 2.33 bits per heavy atom. The molecule has 64 valence electrons. The SMILES string of the molecule is CC(=O)C(N)c1cc(N)ccn1. The smallest absolute Gasteiger partial charge is 0.152 e. The Bertz CT molecular complexity index is 298. The van der Waals surface area contributed by atoms with Gasteiger partial charge < -0.3 is 11.5 Å². The second kappa shape index (κ2) is 3.32. The van der Waals surface area contributed by atoms with E-state index in [0.29, 0.717) is 11.4 Å². The van der Waals surface area contributed by atoms with Gasteiger partial charge in [-0.15, -0.1) is 0 Å². The summed E-state index contributed by atoms with van der Waals surface area (Å²) in [4.78, 5) is 14.8. The lowest BCUT2D eigenvalue weighted by Gasteiger charge is -2.06. The molecule has 1 heterocycles. The lowest BCUT2D eigenvalue weighted by atomic mass is 10.1. The molecule has 0 amide bonds. The molecule has 1 atom stereocenters. The largest absolute Gasteiger partial charge is 0.399 e. The molecule has 0 aliphatic rings. The molecule has 0 radical (unpaired) electrons. The van der Waals surface area contributed by atoms with E-state index < -0.39 is 6.04 Å². The number of nitrogens with two attached hydrogens (primary N) is 2. The average molecular weight is 165 g/mol. The van der Waals surface area contributed by atoms with Gasteiger partial charge in [-0.1, -0.05) is 0 Å². The first kappa shape index (κ1) is 8.67. The van der Waals surface area contributed by atoms with E-state index in [1.807, 2.05) is 0 Å². The van der Waals surface area contributed by atoms with Crippen molar-refractivity contribution in [3.8, 4) is 0 Å². The molecule has 0 aliphatic heterocycles. The maximum Gasteiger partial charge on any atom is 0.152 e. The number of ketones is 1. The number of hydrogen-bond donors (Lipinski definition) is 2. The first-order valence-corrected chi connectivity index (χ1v) is 3.58. The Morgan fingerprint density at radius 3 is 2.83 bits per heavy atom. The molecule has 4 N–H and O–H groups in total. The van der Waals surface area contributed by atoms with Gasteiger partial charge in [-0.05, 0) is 19.1 Å². The van der Waals surface area contributed by atoms with Gasteiger partial charge in [0.2, 0.25) is 0 Å². The van der Waals surface area contributed by atoms with Crippen LogP contribution in [0.2, 0.25) is 0 Å². The number of nitrogens with zero attached hydrogens (tertiary/aromatic N) is 1. The van der Waals surface area contributed by atoms with Crippen LogP contribution in [0.4, 0.5) is 5.69 Å². The lowest BCUT2D eigenvalue weighted by Crippen LogP contribution is -2.19. The summed E-state index contributed by atoms with van der Waals surface area (Å²) in [7, 11) is 0. The number of nitrogen functional groups attached to an aromatic ring is 1. The van der Waals surface area contributed by atoms with Gasteiger partial charge in [0, 0.05) is 11.9 Å². The highest BCUT2D eigenvalue weighted by Crippen LogP contribution is 2.10. The van der Waals surface area contributed by atoms with Crippen LogP contribution >= 0.6 is 0 Å². The topological polar surface area (TPSA) is 82.0 Å². The van der Waals surface area contributed by atoms with Crippen LogP contribution in [0.1, 0.15) is 18.7 Å². The highest BCUT2D eigenvalue weighted by Gasteiger charge is 2.11. The zero-order valence-electron chi connectivity index (χ0n) is 6.82. The van der Waals surface area contributed by atoms with Crippen molar-refractivity contribution >= 4 is 11.5 Å². The zero-order valence-corrected chi connectivity index (χ0v) is 6.82. The molecule has 0 saturated heterocycles. The third-order valence-corrected chi connectivity index (χ3v) is 1.56. The minimum Gasteiger partial charge on any atom is -0.399 e. The van der Waals surface area contributed by atoms with Crippen molar-refractivity contribution < 1.29 is 4.79 Å². The molecular weight excluding hydrogens is 154 g/mol. The van der Waals surface area contributed by atoms with E-state index in [1.165, 1.54) is 13.1 Å². The number of aromatic nitrogens is 1. The predicted octanol–water partition coefficient (Wildman–Crippen LogP) is 0.253. The second-order valence-corrected chi connectivity index (χ2v) is 2.60. The van der Waals surface area contributed by atoms with Crippen molar-refractivity contribution in [3.05, 3.63) is 24.0 Å². The summed E-state index contributed by atoms with van der Waals surface area (Å²) < 4.78 is 0. The fourth-order valence-electron chi connectivity index (χ4n) is 0.844. The van der Waals surface area contributed by atoms with Crippen molar-refractivity contribution in [2.24, 2.45) is 5.73 Å². The Hall–Kier alpha value is -1.42. The third kappa shape index (κ3) is 1.79. The molecule has 1 aromatic heterocycles. The normalized spacial score (nSPS) is 12.5. The van der Waals surface area contributed by atoms with Gasteiger partial charge in [0.05, 0.1) is 5.69 Å². The van der Waals surface area contributed by atoms with Gasteiger partial charge in [0.25, 0.3) is 0 Å². The zero-order chi connectivity index (χ0) is 9.14. The quantitative estimate of drug-likeness (QED) is 0.658. The number of anilines is 1. The van der Waals surface area contributed by atoms with Crippen LogP contribution in [0.15, 0.2) is 18.3 Å². The van der Waals surface area contributed by atoms with Gasteiger partial charge in [-0.2, -0.15) is 0 Å². The second-order valence-electron chi connectivity index (χ2n) is 2.60. The molecule has 1 rings (SSSR count). The van der Waals surface area contributed by atoms with Gasteiger partial charge in [0.1, 0.15) is 6.04 Å².